The summed E-state index contributed by atoms with van der Waals surface area (Å²) in [6.07, 6.45) is 16.6. The number of hydrogen-bond donors (Lipinski definition) is 0. The van der Waals surface area contributed by atoms with Gasteiger partial charge in [-0.2, -0.15) is 0 Å². The SMILES string of the molecule is CCCCCCCCCC[N+]1(CCC)CCCC1.CS(=O)(=O)[O-]. The van der Waals surface area contributed by atoms with Crippen LogP contribution < -0.4 is 0 Å². The summed E-state index contributed by atoms with van der Waals surface area (Å²) in [5.74, 6) is 0. The molecule has 5 heteroatoms. The zero-order valence-corrected chi connectivity index (χ0v) is 16.5. The number of nitrogens with zero attached hydrogens (tertiary/aromatic N) is 1. The Morgan fingerprint density at radius 3 is 1.65 bits per heavy atom. The average molecular weight is 350 g/mol. The largest absolute Gasteiger partial charge is 0.748 e. The van der Waals surface area contributed by atoms with E-state index in [-0.39, 0.29) is 0 Å². The molecule has 1 saturated heterocycles. The molecule has 0 atom stereocenters. The van der Waals surface area contributed by atoms with Crippen LogP contribution in [0.3, 0.4) is 0 Å². The molecule has 1 rings (SSSR count). The Balaban J connectivity index is 0.000000841. The van der Waals surface area contributed by atoms with Crippen molar-refractivity contribution >= 4 is 10.1 Å². The van der Waals surface area contributed by atoms with Crippen molar-refractivity contribution < 1.29 is 17.5 Å². The van der Waals surface area contributed by atoms with E-state index in [1.54, 1.807) is 0 Å². The Labute approximate surface area is 145 Å². The van der Waals surface area contributed by atoms with E-state index >= 15 is 0 Å². The summed E-state index contributed by atoms with van der Waals surface area (Å²) < 4.78 is 28.7. The molecule has 0 aromatic carbocycles. The fourth-order valence-corrected chi connectivity index (χ4v) is 3.62. The van der Waals surface area contributed by atoms with Crippen molar-refractivity contribution in [1.82, 2.24) is 0 Å². The number of hydrogen-bond acceptors (Lipinski definition) is 3. The Bertz CT molecular complexity index is 354. The second kappa shape index (κ2) is 13.2. The Morgan fingerprint density at radius 2 is 1.22 bits per heavy atom. The van der Waals surface area contributed by atoms with Gasteiger partial charge in [0.25, 0.3) is 0 Å². The summed E-state index contributed by atoms with van der Waals surface area (Å²) in [7, 11) is -3.92. The van der Waals surface area contributed by atoms with E-state index in [2.05, 4.69) is 13.8 Å². The maximum atomic E-state index is 9.08. The van der Waals surface area contributed by atoms with Crippen LogP contribution in [0.4, 0.5) is 0 Å². The highest BCUT2D eigenvalue weighted by Gasteiger charge is 2.29. The third-order valence-electron chi connectivity index (χ3n) is 4.70. The highest BCUT2D eigenvalue weighted by atomic mass is 32.2. The molecule has 1 aliphatic rings. The summed E-state index contributed by atoms with van der Waals surface area (Å²) in [5, 5.41) is 0. The lowest BCUT2D eigenvalue weighted by Gasteiger charge is -2.34. The van der Waals surface area contributed by atoms with Gasteiger partial charge in [-0.1, -0.05) is 52.4 Å². The summed E-state index contributed by atoms with van der Waals surface area (Å²) in [6.45, 7) is 10.5. The molecule has 1 aliphatic heterocycles. The van der Waals surface area contributed by atoms with Gasteiger partial charge in [0.15, 0.2) is 0 Å². The van der Waals surface area contributed by atoms with E-state index < -0.39 is 10.1 Å². The lowest BCUT2D eigenvalue weighted by molar-refractivity contribution is -0.917. The first-order valence-electron chi connectivity index (χ1n) is 9.59. The summed E-state index contributed by atoms with van der Waals surface area (Å²) in [4.78, 5) is 0. The molecule has 0 bridgehead atoms. The van der Waals surface area contributed by atoms with Crippen LogP contribution in [-0.4, -0.2) is 49.9 Å². The van der Waals surface area contributed by atoms with Crippen LogP contribution in [-0.2, 0) is 10.1 Å². The van der Waals surface area contributed by atoms with Gasteiger partial charge in [-0.15, -0.1) is 0 Å². The lowest BCUT2D eigenvalue weighted by Crippen LogP contribution is -2.46. The maximum absolute atomic E-state index is 9.08. The van der Waals surface area contributed by atoms with Crippen molar-refractivity contribution in [1.29, 1.82) is 0 Å². The van der Waals surface area contributed by atoms with Crippen LogP contribution in [0.1, 0.15) is 84.5 Å². The lowest BCUT2D eigenvalue weighted by atomic mass is 10.1. The minimum Gasteiger partial charge on any atom is -0.748 e. The van der Waals surface area contributed by atoms with Gasteiger partial charge in [-0.3, -0.25) is 0 Å². The van der Waals surface area contributed by atoms with Gasteiger partial charge in [-0.05, 0) is 19.3 Å². The van der Waals surface area contributed by atoms with Gasteiger partial charge in [0.1, 0.15) is 0 Å². The molecular weight excluding hydrogens is 310 g/mol. The van der Waals surface area contributed by atoms with Crippen LogP contribution in [0.5, 0.6) is 0 Å². The van der Waals surface area contributed by atoms with Crippen molar-refractivity contribution in [3.8, 4) is 0 Å². The molecule has 0 spiro atoms. The average Bonchev–Trinajstić information content (AvgIpc) is 2.89. The Morgan fingerprint density at radius 1 is 0.783 bits per heavy atom. The van der Waals surface area contributed by atoms with Gasteiger partial charge in [0.2, 0.25) is 0 Å². The highest BCUT2D eigenvalue weighted by molar-refractivity contribution is 7.84. The van der Waals surface area contributed by atoms with Crippen LogP contribution in [0.25, 0.3) is 0 Å². The fraction of sp³-hybridized carbons (Fsp3) is 1.00. The van der Waals surface area contributed by atoms with Crippen molar-refractivity contribution in [3.05, 3.63) is 0 Å². The quantitative estimate of drug-likeness (QED) is 0.317. The molecule has 1 fully saturated rings. The number of quaternary nitrogens is 1. The molecule has 0 aromatic rings. The van der Waals surface area contributed by atoms with E-state index in [1.165, 1.54) is 101 Å². The maximum Gasteiger partial charge on any atom is 0.0916 e. The van der Waals surface area contributed by atoms with E-state index in [0.717, 1.165) is 0 Å². The molecule has 0 unspecified atom stereocenters. The van der Waals surface area contributed by atoms with E-state index in [0.29, 0.717) is 6.26 Å². The number of rotatable bonds is 11. The zero-order valence-electron chi connectivity index (χ0n) is 15.7. The molecule has 0 aromatic heterocycles. The van der Waals surface area contributed by atoms with Crippen LogP contribution >= 0.6 is 0 Å². The molecule has 0 N–H and O–H groups in total. The first kappa shape index (κ1) is 22.9. The Hall–Kier alpha value is -0.130. The first-order valence-corrected chi connectivity index (χ1v) is 11.4. The Kier molecular flexibility index (Phi) is 13.1. The fourth-order valence-electron chi connectivity index (χ4n) is 3.62. The minimum absolute atomic E-state index is 0.604. The predicted octanol–water partition coefficient (Wildman–Crippen LogP) is 4.31. The third kappa shape index (κ3) is 15.2. The third-order valence-corrected chi connectivity index (χ3v) is 4.70. The molecule has 23 heavy (non-hydrogen) atoms. The van der Waals surface area contributed by atoms with Crippen LogP contribution in [0.15, 0.2) is 0 Å². The molecule has 0 aliphatic carbocycles. The highest BCUT2D eigenvalue weighted by Crippen LogP contribution is 2.21. The summed E-state index contributed by atoms with van der Waals surface area (Å²) in [5.41, 5.74) is 0. The van der Waals surface area contributed by atoms with Gasteiger partial charge in [0, 0.05) is 19.1 Å². The summed E-state index contributed by atoms with van der Waals surface area (Å²) in [6, 6.07) is 0. The molecule has 4 nitrogen and oxygen atoms in total. The first-order chi connectivity index (χ1) is 10.8. The van der Waals surface area contributed by atoms with Gasteiger partial charge < -0.3 is 9.04 Å². The second-order valence-electron chi connectivity index (χ2n) is 7.12. The molecule has 0 saturated carbocycles. The van der Waals surface area contributed by atoms with Gasteiger partial charge in [-0.25, -0.2) is 8.42 Å². The van der Waals surface area contributed by atoms with Crippen molar-refractivity contribution in [2.75, 3.05) is 32.4 Å². The van der Waals surface area contributed by atoms with Crippen molar-refractivity contribution in [3.63, 3.8) is 0 Å². The summed E-state index contributed by atoms with van der Waals surface area (Å²) >= 11 is 0. The van der Waals surface area contributed by atoms with E-state index in [4.69, 9.17) is 13.0 Å². The molecule has 140 valence electrons. The normalized spacial score (nSPS) is 16.9. The minimum atomic E-state index is -3.92. The van der Waals surface area contributed by atoms with E-state index in [9.17, 15) is 0 Å². The van der Waals surface area contributed by atoms with Crippen LogP contribution in [0, 0.1) is 0 Å². The van der Waals surface area contributed by atoms with Gasteiger partial charge in [0.05, 0.1) is 36.3 Å². The molecule has 1 heterocycles. The standard InChI is InChI=1S/C17H36N.CH4O3S/c1-3-5-6-7-8-9-10-11-15-18(14-4-2)16-12-13-17-18;1-5(2,3)4/h3-17H2,1-2H3;1H3,(H,2,3,4)/q+1;/p-1. The topological polar surface area (TPSA) is 57.2 Å². The van der Waals surface area contributed by atoms with Crippen molar-refractivity contribution in [2.24, 2.45) is 0 Å². The zero-order chi connectivity index (χ0) is 17.6. The molecule has 0 amide bonds. The molecular formula is C18H39NO3S. The van der Waals surface area contributed by atoms with Crippen LogP contribution in [0.2, 0.25) is 0 Å². The van der Waals surface area contributed by atoms with E-state index in [1.807, 2.05) is 0 Å². The monoisotopic (exact) mass is 349 g/mol. The predicted molar refractivity (Wildman–Crippen MR) is 97.5 cm³/mol. The second-order valence-corrected chi connectivity index (χ2v) is 8.53. The number of likely N-dealkylation sites (tertiary alicyclic amines) is 1. The van der Waals surface area contributed by atoms with Crippen molar-refractivity contribution in [2.45, 2.75) is 84.5 Å². The van der Waals surface area contributed by atoms with Gasteiger partial charge >= 0.3 is 0 Å². The smallest absolute Gasteiger partial charge is 0.0916 e. The number of unbranched alkanes of at least 4 members (excludes halogenated alkanes) is 7. The molecule has 0 radical (unpaired) electrons.